The Labute approximate surface area is 88.3 Å². The van der Waals surface area contributed by atoms with Crippen LogP contribution in [0.15, 0.2) is 18.3 Å². The van der Waals surface area contributed by atoms with E-state index in [1.54, 1.807) is 6.20 Å². The van der Waals surface area contributed by atoms with E-state index in [1.165, 1.54) is 0 Å². The quantitative estimate of drug-likeness (QED) is 0.751. The Morgan fingerprint density at radius 3 is 3.14 bits per heavy atom. The summed E-state index contributed by atoms with van der Waals surface area (Å²) >= 11 is 5.78. The number of likely N-dealkylation sites (tertiary alicyclic amines) is 1. The summed E-state index contributed by atoms with van der Waals surface area (Å²) in [6.45, 7) is 2.57. The zero-order chi connectivity index (χ0) is 9.97. The molecule has 1 aromatic heterocycles. The summed E-state index contributed by atoms with van der Waals surface area (Å²) in [4.78, 5) is 6.15. The van der Waals surface area contributed by atoms with E-state index in [9.17, 15) is 5.11 Å². The number of aliphatic hydroxyl groups is 1. The molecule has 2 rings (SSSR count). The molecule has 1 aliphatic rings. The fraction of sp³-hybridized carbons (Fsp3) is 0.500. The van der Waals surface area contributed by atoms with Crippen molar-refractivity contribution >= 4 is 11.6 Å². The lowest BCUT2D eigenvalue weighted by molar-refractivity contribution is 0.175. The standard InChI is InChI=1S/C10H13ClN2O/c11-10-5-8(1-3-12-10)6-13-4-2-9(14)7-13/h1,3,5,9,14H,2,4,6-7H2/t9-/m1/s1. The normalized spacial score (nSPS) is 22.9. The third-order valence-electron chi connectivity index (χ3n) is 2.44. The predicted molar refractivity (Wildman–Crippen MR) is 55.1 cm³/mol. The maximum atomic E-state index is 9.35. The molecular weight excluding hydrogens is 200 g/mol. The van der Waals surface area contributed by atoms with Gasteiger partial charge < -0.3 is 5.11 Å². The van der Waals surface area contributed by atoms with Crippen LogP contribution >= 0.6 is 11.6 Å². The third-order valence-corrected chi connectivity index (χ3v) is 2.65. The molecule has 2 heterocycles. The molecule has 0 spiro atoms. The molecule has 4 heteroatoms. The largest absolute Gasteiger partial charge is 0.392 e. The molecule has 1 N–H and O–H groups in total. The monoisotopic (exact) mass is 212 g/mol. The topological polar surface area (TPSA) is 36.4 Å². The first-order valence-corrected chi connectivity index (χ1v) is 5.13. The number of β-amino-alcohol motifs (C(OH)–C–C–N with tert-alkyl or cyclic N) is 1. The van der Waals surface area contributed by atoms with E-state index in [0.29, 0.717) is 5.15 Å². The first-order valence-electron chi connectivity index (χ1n) is 4.75. The van der Waals surface area contributed by atoms with Crippen molar-refractivity contribution < 1.29 is 5.11 Å². The van der Waals surface area contributed by atoms with Crippen molar-refractivity contribution in [3.05, 3.63) is 29.0 Å². The molecule has 0 unspecified atom stereocenters. The van der Waals surface area contributed by atoms with E-state index in [4.69, 9.17) is 11.6 Å². The predicted octanol–water partition coefficient (Wildman–Crippen LogP) is 1.30. The lowest BCUT2D eigenvalue weighted by atomic mass is 10.2. The second-order valence-electron chi connectivity index (χ2n) is 3.66. The van der Waals surface area contributed by atoms with Gasteiger partial charge in [-0.05, 0) is 24.1 Å². The van der Waals surface area contributed by atoms with Crippen molar-refractivity contribution in [3.63, 3.8) is 0 Å². The van der Waals surface area contributed by atoms with E-state index in [1.807, 2.05) is 12.1 Å². The van der Waals surface area contributed by atoms with Gasteiger partial charge >= 0.3 is 0 Å². The highest BCUT2D eigenvalue weighted by Crippen LogP contribution is 2.14. The van der Waals surface area contributed by atoms with Crippen LogP contribution in [0.25, 0.3) is 0 Å². The van der Waals surface area contributed by atoms with E-state index < -0.39 is 0 Å². The van der Waals surface area contributed by atoms with Crippen molar-refractivity contribution in [2.45, 2.75) is 19.1 Å². The van der Waals surface area contributed by atoms with Gasteiger partial charge in [0.1, 0.15) is 5.15 Å². The van der Waals surface area contributed by atoms with Crippen molar-refractivity contribution in [1.29, 1.82) is 0 Å². The third kappa shape index (κ3) is 2.44. The van der Waals surface area contributed by atoms with Crippen LogP contribution in [-0.2, 0) is 6.54 Å². The maximum Gasteiger partial charge on any atom is 0.129 e. The first-order chi connectivity index (χ1) is 6.74. The highest BCUT2D eigenvalue weighted by atomic mass is 35.5. The molecule has 76 valence electrons. The Morgan fingerprint density at radius 2 is 2.50 bits per heavy atom. The number of aromatic nitrogens is 1. The molecule has 0 radical (unpaired) electrons. The maximum absolute atomic E-state index is 9.35. The Balaban J connectivity index is 1.97. The van der Waals surface area contributed by atoms with Gasteiger partial charge in [0, 0.05) is 25.8 Å². The summed E-state index contributed by atoms with van der Waals surface area (Å²) in [7, 11) is 0. The van der Waals surface area contributed by atoms with E-state index in [-0.39, 0.29) is 6.10 Å². The van der Waals surface area contributed by atoms with Crippen LogP contribution in [-0.4, -0.2) is 34.2 Å². The summed E-state index contributed by atoms with van der Waals surface area (Å²) in [5, 5.41) is 9.88. The number of hydrogen-bond donors (Lipinski definition) is 1. The number of aliphatic hydroxyl groups excluding tert-OH is 1. The highest BCUT2D eigenvalue weighted by Gasteiger charge is 2.19. The molecule has 1 aromatic rings. The Kier molecular flexibility index (Phi) is 3.01. The van der Waals surface area contributed by atoms with Crippen LogP contribution in [0.2, 0.25) is 5.15 Å². The lowest BCUT2D eigenvalue weighted by Gasteiger charge is -2.14. The second-order valence-corrected chi connectivity index (χ2v) is 4.05. The van der Waals surface area contributed by atoms with Gasteiger partial charge in [-0.3, -0.25) is 4.90 Å². The number of halogens is 1. The van der Waals surface area contributed by atoms with Crippen LogP contribution in [0.3, 0.4) is 0 Å². The number of hydrogen-bond acceptors (Lipinski definition) is 3. The van der Waals surface area contributed by atoms with Crippen LogP contribution in [0.4, 0.5) is 0 Å². The van der Waals surface area contributed by atoms with Crippen molar-refractivity contribution in [1.82, 2.24) is 9.88 Å². The molecule has 0 amide bonds. The van der Waals surface area contributed by atoms with Gasteiger partial charge in [-0.15, -0.1) is 0 Å². The minimum absolute atomic E-state index is 0.160. The van der Waals surface area contributed by atoms with Gasteiger partial charge in [0.2, 0.25) is 0 Å². The minimum Gasteiger partial charge on any atom is -0.392 e. The van der Waals surface area contributed by atoms with Crippen LogP contribution in [0, 0.1) is 0 Å². The fourth-order valence-corrected chi connectivity index (χ4v) is 1.95. The van der Waals surface area contributed by atoms with Gasteiger partial charge in [-0.1, -0.05) is 11.6 Å². The number of pyridine rings is 1. The van der Waals surface area contributed by atoms with Crippen molar-refractivity contribution in [2.24, 2.45) is 0 Å². The number of rotatable bonds is 2. The van der Waals surface area contributed by atoms with Crippen LogP contribution in [0.5, 0.6) is 0 Å². The molecular formula is C10H13ClN2O. The molecule has 3 nitrogen and oxygen atoms in total. The Morgan fingerprint density at radius 1 is 1.64 bits per heavy atom. The first kappa shape index (κ1) is 9.90. The molecule has 1 atom stereocenters. The minimum atomic E-state index is -0.160. The van der Waals surface area contributed by atoms with Gasteiger partial charge in [0.15, 0.2) is 0 Å². The van der Waals surface area contributed by atoms with E-state index in [2.05, 4.69) is 9.88 Å². The Bertz CT molecular complexity index is 319. The van der Waals surface area contributed by atoms with Crippen LogP contribution in [0.1, 0.15) is 12.0 Å². The second kappa shape index (κ2) is 4.26. The average Bonchev–Trinajstić information content (AvgIpc) is 2.51. The summed E-state index contributed by atoms with van der Waals surface area (Å²) in [5.41, 5.74) is 1.15. The van der Waals surface area contributed by atoms with Crippen LogP contribution < -0.4 is 0 Å². The van der Waals surface area contributed by atoms with Crippen molar-refractivity contribution in [2.75, 3.05) is 13.1 Å². The van der Waals surface area contributed by atoms with Crippen molar-refractivity contribution in [3.8, 4) is 0 Å². The molecule has 1 fully saturated rings. The summed E-state index contributed by atoms with van der Waals surface area (Å²) < 4.78 is 0. The zero-order valence-electron chi connectivity index (χ0n) is 7.86. The van der Waals surface area contributed by atoms with Gasteiger partial charge in [-0.25, -0.2) is 4.98 Å². The molecule has 0 aliphatic carbocycles. The molecule has 1 saturated heterocycles. The van der Waals surface area contributed by atoms with Gasteiger partial charge in [0.05, 0.1) is 6.10 Å². The smallest absolute Gasteiger partial charge is 0.129 e. The number of nitrogens with zero attached hydrogens (tertiary/aromatic N) is 2. The molecule has 0 bridgehead atoms. The summed E-state index contributed by atoms with van der Waals surface area (Å²) in [6, 6.07) is 3.82. The summed E-state index contributed by atoms with van der Waals surface area (Å²) in [6.07, 6.45) is 2.43. The molecule has 0 aromatic carbocycles. The van der Waals surface area contributed by atoms with Gasteiger partial charge in [-0.2, -0.15) is 0 Å². The van der Waals surface area contributed by atoms with Gasteiger partial charge in [0.25, 0.3) is 0 Å². The summed E-state index contributed by atoms with van der Waals surface area (Å²) in [5.74, 6) is 0. The molecule has 14 heavy (non-hydrogen) atoms. The lowest BCUT2D eigenvalue weighted by Crippen LogP contribution is -2.21. The van der Waals surface area contributed by atoms with E-state index in [0.717, 1.165) is 31.6 Å². The van der Waals surface area contributed by atoms with E-state index >= 15 is 0 Å². The fourth-order valence-electron chi connectivity index (χ4n) is 1.75. The molecule has 1 aliphatic heterocycles. The average molecular weight is 213 g/mol. The zero-order valence-corrected chi connectivity index (χ0v) is 8.61. The Hall–Kier alpha value is -0.640. The SMILES string of the molecule is O[C@@H]1CCN(Cc2ccnc(Cl)c2)C1. The molecule has 0 saturated carbocycles. The highest BCUT2D eigenvalue weighted by molar-refractivity contribution is 6.29.